The van der Waals surface area contributed by atoms with E-state index in [2.05, 4.69) is 16.3 Å². The standard InChI is InChI=1S/C29H29F3N6O2/c1-36-18-34-35-26(36)11-28(16-40-17-28)21-5-2-6-22(10-21)38-15-24-23(27(38)39)8-20(9-25(24)29(30,31)32)14-37-7-3-4-19(12-33)13-37/h2,5-6,8-10,18-19H,3-4,7,11,13-17H2,1H3. The smallest absolute Gasteiger partial charge is 0.379 e. The number of ether oxygens (including phenoxy) is 1. The number of benzene rings is 2. The van der Waals surface area contributed by atoms with Crippen LogP contribution >= 0.6 is 0 Å². The van der Waals surface area contributed by atoms with Gasteiger partial charge >= 0.3 is 6.18 Å². The van der Waals surface area contributed by atoms with Gasteiger partial charge < -0.3 is 14.2 Å². The van der Waals surface area contributed by atoms with Crippen LogP contribution in [0.2, 0.25) is 0 Å². The molecule has 0 radical (unpaired) electrons. The Kier molecular flexibility index (Phi) is 6.63. The molecular weight excluding hydrogens is 521 g/mol. The first kappa shape index (κ1) is 26.5. The van der Waals surface area contributed by atoms with Crippen molar-refractivity contribution < 1.29 is 22.7 Å². The zero-order valence-electron chi connectivity index (χ0n) is 22.1. The summed E-state index contributed by atoms with van der Waals surface area (Å²) in [5.41, 5.74) is 0.884. The fraction of sp³-hybridized carbons (Fsp3) is 0.448. The van der Waals surface area contributed by atoms with E-state index in [4.69, 9.17) is 4.74 Å². The van der Waals surface area contributed by atoms with Crippen LogP contribution in [0.5, 0.6) is 0 Å². The molecule has 3 aliphatic rings. The molecule has 1 unspecified atom stereocenters. The molecule has 2 aromatic carbocycles. The zero-order chi connectivity index (χ0) is 28.1. The second-order valence-corrected chi connectivity index (χ2v) is 11.1. The predicted molar refractivity (Wildman–Crippen MR) is 139 cm³/mol. The van der Waals surface area contributed by atoms with Crippen LogP contribution in [-0.4, -0.2) is 51.9 Å². The third kappa shape index (κ3) is 4.75. The second kappa shape index (κ2) is 10.0. The molecule has 1 aromatic heterocycles. The van der Waals surface area contributed by atoms with E-state index in [-0.39, 0.29) is 35.5 Å². The topological polar surface area (TPSA) is 87.3 Å². The zero-order valence-corrected chi connectivity index (χ0v) is 22.1. The minimum absolute atomic E-state index is 0.000902. The molecule has 4 heterocycles. The van der Waals surface area contributed by atoms with E-state index in [9.17, 15) is 23.2 Å². The highest BCUT2D eigenvalue weighted by atomic mass is 19.4. The Morgan fingerprint density at radius 1 is 1.23 bits per heavy atom. The van der Waals surface area contributed by atoms with Crippen molar-refractivity contribution in [3.63, 3.8) is 0 Å². The van der Waals surface area contributed by atoms with E-state index >= 15 is 0 Å². The minimum Gasteiger partial charge on any atom is -0.379 e. The first-order valence-corrected chi connectivity index (χ1v) is 13.3. The number of fused-ring (bicyclic) bond motifs is 1. The summed E-state index contributed by atoms with van der Waals surface area (Å²) in [6, 6.07) is 12.5. The van der Waals surface area contributed by atoms with Crippen LogP contribution in [0.1, 0.15) is 51.3 Å². The van der Waals surface area contributed by atoms with Crippen LogP contribution in [0.4, 0.5) is 18.9 Å². The maximum atomic E-state index is 14.2. The molecular formula is C29H29F3N6O2. The van der Waals surface area contributed by atoms with E-state index < -0.39 is 17.6 Å². The third-order valence-corrected chi connectivity index (χ3v) is 8.33. The number of likely N-dealkylation sites (tertiary alicyclic amines) is 1. The van der Waals surface area contributed by atoms with Gasteiger partial charge in [0.25, 0.3) is 5.91 Å². The van der Waals surface area contributed by atoms with Crippen LogP contribution in [0.15, 0.2) is 42.7 Å². The Balaban J connectivity index is 1.30. The van der Waals surface area contributed by atoms with Crippen molar-refractivity contribution in [3.8, 4) is 6.07 Å². The summed E-state index contributed by atoms with van der Waals surface area (Å²) in [5.74, 6) is 0.225. The van der Waals surface area contributed by atoms with Crippen LogP contribution in [0.25, 0.3) is 0 Å². The molecule has 0 spiro atoms. The Labute approximate surface area is 230 Å². The number of alkyl halides is 3. The van der Waals surface area contributed by atoms with E-state index in [1.807, 2.05) is 34.7 Å². The number of nitriles is 1. The summed E-state index contributed by atoms with van der Waals surface area (Å²) in [6.07, 6.45) is -0.756. The fourth-order valence-electron chi connectivity index (χ4n) is 6.08. The molecule has 0 N–H and O–H groups in total. The number of hydrogen-bond donors (Lipinski definition) is 0. The number of carbonyl (C=O) groups excluding carboxylic acids is 1. The Hall–Kier alpha value is -3.75. The van der Waals surface area contributed by atoms with Gasteiger partial charge in [-0.3, -0.25) is 9.69 Å². The number of aryl methyl sites for hydroxylation is 1. The number of hydrogen-bond acceptors (Lipinski definition) is 6. The molecule has 3 aromatic rings. The Morgan fingerprint density at radius 2 is 2.05 bits per heavy atom. The molecule has 0 bridgehead atoms. The molecule has 11 heteroatoms. The second-order valence-electron chi connectivity index (χ2n) is 11.1. The summed E-state index contributed by atoms with van der Waals surface area (Å²) < 4.78 is 50.2. The fourth-order valence-corrected chi connectivity index (χ4v) is 6.08. The highest BCUT2D eigenvalue weighted by Crippen LogP contribution is 2.42. The summed E-state index contributed by atoms with van der Waals surface area (Å²) in [6.45, 7) is 2.29. The monoisotopic (exact) mass is 550 g/mol. The van der Waals surface area contributed by atoms with E-state index in [0.29, 0.717) is 44.0 Å². The maximum absolute atomic E-state index is 14.2. The molecule has 0 saturated carbocycles. The number of piperidine rings is 1. The van der Waals surface area contributed by atoms with Gasteiger partial charge in [0.05, 0.1) is 37.3 Å². The van der Waals surface area contributed by atoms with Crippen molar-refractivity contribution in [1.29, 1.82) is 5.26 Å². The van der Waals surface area contributed by atoms with Crippen molar-refractivity contribution in [1.82, 2.24) is 19.7 Å². The lowest BCUT2D eigenvalue weighted by atomic mass is 9.75. The average molecular weight is 551 g/mol. The lowest BCUT2D eigenvalue weighted by Gasteiger charge is -2.42. The number of aromatic nitrogens is 3. The summed E-state index contributed by atoms with van der Waals surface area (Å²) >= 11 is 0. The Morgan fingerprint density at radius 3 is 2.73 bits per heavy atom. The van der Waals surface area contributed by atoms with Crippen molar-refractivity contribution in [2.75, 3.05) is 31.2 Å². The molecule has 208 valence electrons. The van der Waals surface area contributed by atoms with Gasteiger partial charge in [0, 0.05) is 43.2 Å². The van der Waals surface area contributed by atoms with Gasteiger partial charge in [-0.25, -0.2) is 0 Å². The molecule has 0 aliphatic carbocycles. The van der Waals surface area contributed by atoms with Gasteiger partial charge in [0.2, 0.25) is 0 Å². The van der Waals surface area contributed by atoms with Crippen LogP contribution in [0, 0.1) is 17.2 Å². The van der Waals surface area contributed by atoms with Crippen molar-refractivity contribution in [3.05, 3.63) is 76.4 Å². The van der Waals surface area contributed by atoms with E-state index in [1.165, 1.54) is 11.0 Å². The maximum Gasteiger partial charge on any atom is 0.416 e. The largest absolute Gasteiger partial charge is 0.416 e. The van der Waals surface area contributed by atoms with E-state index in [0.717, 1.165) is 24.2 Å². The summed E-state index contributed by atoms with van der Waals surface area (Å²) in [4.78, 5) is 17.0. The molecule has 6 rings (SSSR count). The molecule has 2 saturated heterocycles. The predicted octanol–water partition coefficient (Wildman–Crippen LogP) is 4.24. The van der Waals surface area contributed by atoms with Gasteiger partial charge in [0.1, 0.15) is 12.2 Å². The average Bonchev–Trinajstić information content (AvgIpc) is 3.47. The number of rotatable bonds is 6. The molecule has 1 amide bonds. The first-order chi connectivity index (χ1) is 19.2. The van der Waals surface area contributed by atoms with Gasteiger partial charge in [-0.2, -0.15) is 18.4 Å². The van der Waals surface area contributed by atoms with Crippen LogP contribution in [-0.2, 0) is 42.9 Å². The van der Waals surface area contributed by atoms with Gasteiger partial charge in [-0.05, 0) is 60.3 Å². The number of halogens is 3. The molecule has 40 heavy (non-hydrogen) atoms. The van der Waals surface area contributed by atoms with Gasteiger partial charge in [-0.15, -0.1) is 10.2 Å². The highest BCUT2D eigenvalue weighted by molar-refractivity contribution is 6.10. The number of nitrogens with zero attached hydrogens (tertiary/aromatic N) is 6. The van der Waals surface area contributed by atoms with E-state index in [1.54, 1.807) is 18.5 Å². The minimum atomic E-state index is -4.60. The summed E-state index contributed by atoms with van der Waals surface area (Å²) in [7, 11) is 1.87. The number of carbonyl (C=O) groups is 1. The normalized spacial score (nSPS) is 20.7. The van der Waals surface area contributed by atoms with Crippen LogP contribution in [0.3, 0.4) is 0 Å². The molecule has 3 aliphatic heterocycles. The van der Waals surface area contributed by atoms with Crippen molar-refractivity contribution in [2.24, 2.45) is 13.0 Å². The SMILES string of the molecule is Cn1cnnc1CC1(c2cccc(N3Cc4c(cc(CN5CCCC(C#N)C5)cc4C(F)(F)F)C3=O)c2)COC1. The number of anilines is 1. The third-order valence-electron chi connectivity index (χ3n) is 8.33. The molecule has 8 nitrogen and oxygen atoms in total. The highest BCUT2D eigenvalue weighted by Gasteiger charge is 2.43. The lowest BCUT2D eigenvalue weighted by molar-refractivity contribution is -0.138. The van der Waals surface area contributed by atoms with Crippen molar-refractivity contribution in [2.45, 2.75) is 43.9 Å². The van der Waals surface area contributed by atoms with Gasteiger partial charge in [0.15, 0.2) is 0 Å². The Bertz CT molecular complexity index is 1490. The molecule has 1 atom stereocenters. The molecule has 2 fully saturated rings. The summed E-state index contributed by atoms with van der Waals surface area (Å²) in [5, 5.41) is 17.5. The lowest BCUT2D eigenvalue weighted by Crippen LogP contribution is -2.49. The van der Waals surface area contributed by atoms with Crippen molar-refractivity contribution >= 4 is 11.6 Å². The first-order valence-electron chi connectivity index (χ1n) is 13.3. The quantitative estimate of drug-likeness (QED) is 0.456. The number of amides is 1. The van der Waals surface area contributed by atoms with Crippen LogP contribution < -0.4 is 4.90 Å². The van der Waals surface area contributed by atoms with Gasteiger partial charge in [-0.1, -0.05) is 12.1 Å².